The van der Waals surface area contributed by atoms with Gasteiger partial charge in [-0.05, 0) is 81.9 Å². The molecule has 0 radical (unpaired) electrons. The third-order valence-electron chi connectivity index (χ3n) is 11.9. The van der Waals surface area contributed by atoms with Crippen LogP contribution in [0.25, 0.3) is 106 Å². The molecule has 0 spiro atoms. The van der Waals surface area contributed by atoms with Crippen molar-refractivity contribution in [3.8, 4) is 96.5 Å². The van der Waals surface area contributed by atoms with Crippen LogP contribution in [0, 0.1) is 22.7 Å². The van der Waals surface area contributed by atoms with Crippen LogP contribution in [0.5, 0.6) is 0 Å². The topological polar surface area (TPSA) is 91.2 Å². The predicted molar refractivity (Wildman–Crippen MR) is 262 cm³/mol. The van der Waals surface area contributed by atoms with Crippen LogP contribution in [0.15, 0.2) is 218 Å². The van der Waals surface area contributed by atoms with E-state index in [2.05, 4.69) is 150 Å². The molecule has 6 nitrogen and oxygen atoms in total. The second-order valence-corrected chi connectivity index (χ2v) is 15.9. The van der Waals surface area contributed by atoms with E-state index in [1.54, 1.807) is 0 Å². The van der Waals surface area contributed by atoms with Gasteiger partial charge in [-0.1, -0.05) is 170 Å². The largest absolute Gasteiger partial charge is 0.308 e. The van der Waals surface area contributed by atoms with Gasteiger partial charge in [-0.15, -0.1) is 0 Å². The van der Waals surface area contributed by atoms with Crippen LogP contribution < -0.4 is 0 Å². The van der Waals surface area contributed by atoms with Crippen LogP contribution >= 0.6 is 0 Å². The first-order valence-electron chi connectivity index (χ1n) is 21.4. The summed E-state index contributed by atoms with van der Waals surface area (Å²) in [7, 11) is 0. The molecule has 0 atom stereocenters. The third-order valence-corrected chi connectivity index (χ3v) is 11.9. The van der Waals surface area contributed by atoms with Crippen molar-refractivity contribution in [1.29, 1.82) is 10.5 Å². The number of benzene rings is 9. The molecule has 0 aliphatic carbocycles. The SMILES string of the molecule is N#Cc1ccc2c(c1)c1cc(C#N)ccc1n2-c1c(-c2ccccc2)cc(-c2nc(-c3ccc(-c4ccccc4)cc3)nc(-c3ccc(-c4ccccc4)cc3)n2)cc1-c1ccccc1. The number of hydrogen-bond donors (Lipinski definition) is 0. The summed E-state index contributed by atoms with van der Waals surface area (Å²) in [5.41, 5.74) is 14.8. The van der Waals surface area contributed by atoms with Crippen molar-refractivity contribution in [2.24, 2.45) is 0 Å². The van der Waals surface area contributed by atoms with E-state index in [1.807, 2.05) is 84.9 Å². The average molecular weight is 829 g/mol. The number of aromatic nitrogens is 4. The van der Waals surface area contributed by atoms with Gasteiger partial charge in [0.25, 0.3) is 0 Å². The van der Waals surface area contributed by atoms with Gasteiger partial charge in [-0.25, -0.2) is 15.0 Å². The number of nitriles is 2. The minimum Gasteiger partial charge on any atom is -0.308 e. The fourth-order valence-electron chi connectivity index (χ4n) is 8.73. The molecule has 302 valence electrons. The average Bonchev–Trinajstić information content (AvgIpc) is 3.71. The summed E-state index contributed by atoms with van der Waals surface area (Å²) in [6, 6.07) is 78.8. The molecule has 0 amide bonds. The first kappa shape index (κ1) is 38.7. The normalized spacial score (nSPS) is 11.0. The van der Waals surface area contributed by atoms with E-state index in [4.69, 9.17) is 15.0 Å². The summed E-state index contributed by atoms with van der Waals surface area (Å²) in [5.74, 6) is 1.66. The van der Waals surface area contributed by atoms with Gasteiger partial charge in [0.05, 0.1) is 40.0 Å². The summed E-state index contributed by atoms with van der Waals surface area (Å²) in [5, 5.41) is 21.8. The molecule has 0 aliphatic heterocycles. The van der Waals surface area contributed by atoms with E-state index in [0.29, 0.717) is 28.6 Å². The fourth-order valence-corrected chi connectivity index (χ4v) is 8.73. The summed E-state index contributed by atoms with van der Waals surface area (Å²) >= 11 is 0. The molecule has 11 rings (SSSR count). The van der Waals surface area contributed by atoms with E-state index in [-0.39, 0.29) is 0 Å². The molecule has 2 heterocycles. The van der Waals surface area contributed by atoms with Crippen LogP contribution in [0.3, 0.4) is 0 Å². The standard InChI is InChI=1S/C59H36N6/c60-37-39-21-31-54-52(33-39)53-34-40(38-61)22-32-55(53)65(54)56-50(45-17-9-3-10-18-45)35-49(36-51(56)46-19-11-4-12-20-46)59-63-57(47-27-23-43(24-28-47)41-13-5-1-6-14-41)62-58(64-59)48-29-25-44(26-30-48)42-15-7-2-8-16-42/h1-36H. The first-order chi connectivity index (χ1) is 32.1. The van der Waals surface area contributed by atoms with Gasteiger partial charge in [-0.2, -0.15) is 10.5 Å². The molecule has 11 aromatic rings. The Hall–Kier alpha value is -9.23. The van der Waals surface area contributed by atoms with E-state index in [1.165, 1.54) is 0 Å². The van der Waals surface area contributed by atoms with E-state index >= 15 is 0 Å². The zero-order chi connectivity index (χ0) is 43.7. The van der Waals surface area contributed by atoms with Crippen LogP contribution in [0.1, 0.15) is 11.1 Å². The summed E-state index contributed by atoms with van der Waals surface area (Å²) in [6.07, 6.45) is 0. The smallest absolute Gasteiger partial charge is 0.164 e. The lowest BCUT2D eigenvalue weighted by Gasteiger charge is -2.21. The molecular weight excluding hydrogens is 793 g/mol. The molecule has 9 aromatic carbocycles. The van der Waals surface area contributed by atoms with Crippen LogP contribution in [-0.2, 0) is 0 Å². The third kappa shape index (κ3) is 7.28. The Balaban J connectivity index is 1.18. The monoisotopic (exact) mass is 828 g/mol. The van der Waals surface area contributed by atoms with Gasteiger partial charge in [-0.3, -0.25) is 0 Å². The molecular formula is C59H36N6. The van der Waals surface area contributed by atoms with Crippen molar-refractivity contribution < 1.29 is 0 Å². The number of fused-ring (bicyclic) bond motifs is 3. The van der Waals surface area contributed by atoms with Crippen molar-refractivity contribution in [3.63, 3.8) is 0 Å². The summed E-state index contributed by atoms with van der Waals surface area (Å²) < 4.78 is 2.27. The molecule has 0 N–H and O–H groups in total. The molecule has 0 unspecified atom stereocenters. The second-order valence-electron chi connectivity index (χ2n) is 15.9. The highest BCUT2D eigenvalue weighted by atomic mass is 15.0. The Labute approximate surface area is 376 Å². The van der Waals surface area contributed by atoms with Gasteiger partial charge >= 0.3 is 0 Å². The molecule has 6 heteroatoms. The Morgan fingerprint density at radius 3 is 1.00 bits per heavy atom. The van der Waals surface area contributed by atoms with Crippen LogP contribution in [-0.4, -0.2) is 19.5 Å². The van der Waals surface area contributed by atoms with E-state index < -0.39 is 0 Å². The Bertz CT molecular complexity index is 3390. The summed E-state index contributed by atoms with van der Waals surface area (Å²) in [4.78, 5) is 15.7. The van der Waals surface area contributed by atoms with Crippen molar-refractivity contribution in [2.75, 3.05) is 0 Å². The highest BCUT2D eigenvalue weighted by Crippen LogP contribution is 2.44. The summed E-state index contributed by atoms with van der Waals surface area (Å²) in [6.45, 7) is 0. The minimum atomic E-state index is 0.532. The fraction of sp³-hybridized carbons (Fsp3) is 0. The Morgan fingerprint density at radius 1 is 0.308 bits per heavy atom. The molecule has 65 heavy (non-hydrogen) atoms. The van der Waals surface area contributed by atoms with Crippen molar-refractivity contribution in [3.05, 3.63) is 230 Å². The van der Waals surface area contributed by atoms with E-state index in [9.17, 15) is 10.5 Å². The highest BCUT2D eigenvalue weighted by molar-refractivity contribution is 6.11. The number of hydrogen-bond acceptors (Lipinski definition) is 5. The molecule has 0 saturated heterocycles. The highest BCUT2D eigenvalue weighted by Gasteiger charge is 2.24. The Kier molecular flexibility index (Phi) is 9.86. The number of rotatable bonds is 8. The minimum absolute atomic E-state index is 0.532. The molecule has 0 saturated carbocycles. The molecule has 0 fully saturated rings. The molecule has 0 bridgehead atoms. The van der Waals surface area contributed by atoms with Crippen molar-refractivity contribution in [2.45, 2.75) is 0 Å². The molecule has 2 aromatic heterocycles. The van der Waals surface area contributed by atoms with Gasteiger partial charge in [0.15, 0.2) is 17.5 Å². The maximum absolute atomic E-state index is 10.00. The zero-order valence-electron chi connectivity index (χ0n) is 35.0. The van der Waals surface area contributed by atoms with Gasteiger partial charge < -0.3 is 4.57 Å². The lowest BCUT2D eigenvalue weighted by molar-refractivity contribution is 1.07. The lowest BCUT2D eigenvalue weighted by atomic mass is 9.92. The van der Waals surface area contributed by atoms with E-state index in [0.717, 1.165) is 88.7 Å². The Morgan fingerprint density at radius 2 is 0.631 bits per heavy atom. The quantitative estimate of drug-likeness (QED) is 0.152. The predicted octanol–water partition coefficient (Wildman–Crippen LogP) is 14.4. The first-order valence-corrected chi connectivity index (χ1v) is 21.4. The van der Waals surface area contributed by atoms with Crippen LogP contribution in [0.4, 0.5) is 0 Å². The zero-order valence-corrected chi connectivity index (χ0v) is 35.0. The van der Waals surface area contributed by atoms with Crippen molar-refractivity contribution >= 4 is 21.8 Å². The van der Waals surface area contributed by atoms with Gasteiger partial charge in [0.2, 0.25) is 0 Å². The molecule has 0 aliphatic rings. The second kappa shape index (κ2) is 16.6. The van der Waals surface area contributed by atoms with Crippen molar-refractivity contribution in [1.82, 2.24) is 19.5 Å². The van der Waals surface area contributed by atoms with Gasteiger partial charge in [0, 0.05) is 38.6 Å². The lowest BCUT2D eigenvalue weighted by Crippen LogP contribution is -2.04. The number of nitrogens with zero attached hydrogens (tertiary/aromatic N) is 6. The van der Waals surface area contributed by atoms with Crippen LogP contribution in [0.2, 0.25) is 0 Å². The maximum Gasteiger partial charge on any atom is 0.164 e. The van der Waals surface area contributed by atoms with Gasteiger partial charge in [0.1, 0.15) is 0 Å². The maximum atomic E-state index is 10.00.